The maximum absolute atomic E-state index is 13.7. The number of fused-ring (bicyclic) bond motifs is 6. The lowest BCUT2D eigenvalue weighted by Gasteiger charge is -2.28. The highest BCUT2D eigenvalue weighted by atomic mass is 19.1. The number of nitrogens with one attached hydrogen (secondary N) is 1. The van der Waals surface area contributed by atoms with Crippen molar-refractivity contribution in [3.63, 3.8) is 0 Å². The Labute approximate surface area is 185 Å². The van der Waals surface area contributed by atoms with Gasteiger partial charge in [0.25, 0.3) is 0 Å². The van der Waals surface area contributed by atoms with Crippen LogP contribution in [0, 0.1) is 18.7 Å². The van der Waals surface area contributed by atoms with Crippen LogP contribution in [0.5, 0.6) is 11.5 Å². The SMILES string of the molecule is Cc1ccc2c3c(ccc2n1)OC[C@H](CNCC1CCc2oc4ccc(F)cc4c2C1)O3. The van der Waals surface area contributed by atoms with Crippen LogP contribution in [0.4, 0.5) is 4.39 Å². The topological polar surface area (TPSA) is 56.5 Å². The number of aryl methyl sites for hydroxylation is 2. The van der Waals surface area contributed by atoms with Gasteiger partial charge in [0.2, 0.25) is 0 Å². The Morgan fingerprint density at radius 3 is 2.97 bits per heavy atom. The lowest BCUT2D eigenvalue weighted by Crippen LogP contribution is -2.40. The van der Waals surface area contributed by atoms with E-state index in [9.17, 15) is 4.39 Å². The Kier molecular flexibility index (Phi) is 4.76. The highest BCUT2D eigenvalue weighted by Gasteiger charge is 2.26. The number of rotatable bonds is 4. The number of halogens is 1. The molecule has 6 heteroatoms. The first-order valence-corrected chi connectivity index (χ1v) is 11.2. The molecule has 6 rings (SSSR count). The molecule has 5 nitrogen and oxygen atoms in total. The lowest BCUT2D eigenvalue weighted by molar-refractivity contribution is 0.0915. The van der Waals surface area contributed by atoms with Crippen molar-refractivity contribution in [2.24, 2.45) is 5.92 Å². The summed E-state index contributed by atoms with van der Waals surface area (Å²) in [7, 11) is 0. The summed E-state index contributed by atoms with van der Waals surface area (Å²) in [5.74, 6) is 2.84. The largest absolute Gasteiger partial charge is 0.486 e. The Morgan fingerprint density at radius 2 is 2.03 bits per heavy atom. The van der Waals surface area contributed by atoms with Crippen molar-refractivity contribution in [2.45, 2.75) is 32.3 Å². The van der Waals surface area contributed by atoms with Crippen molar-refractivity contribution >= 4 is 21.9 Å². The van der Waals surface area contributed by atoms with E-state index in [0.29, 0.717) is 19.1 Å². The molecule has 4 aromatic rings. The van der Waals surface area contributed by atoms with Crippen LogP contribution in [-0.2, 0) is 12.8 Å². The Morgan fingerprint density at radius 1 is 1.09 bits per heavy atom. The Bertz CT molecular complexity index is 1320. The quantitative estimate of drug-likeness (QED) is 0.494. The van der Waals surface area contributed by atoms with Gasteiger partial charge in [-0.25, -0.2) is 4.39 Å². The third-order valence-corrected chi connectivity index (χ3v) is 6.55. The van der Waals surface area contributed by atoms with Crippen LogP contribution in [0.1, 0.15) is 23.4 Å². The highest BCUT2D eigenvalue weighted by molar-refractivity contribution is 5.88. The average Bonchev–Trinajstić information content (AvgIpc) is 3.16. The lowest BCUT2D eigenvalue weighted by atomic mass is 9.86. The molecule has 2 aliphatic rings. The predicted octanol–water partition coefficient (Wildman–Crippen LogP) is 4.96. The van der Waals surface area contributed by atoms with Crippen molar-refractivity contribution in [1.29, 1.82) is 0 Å². The Balaban J connectivity index is 1.10. The maximum atomic E-state index is 13.7. The van der Waals surface area contributed by atoms with Gasteiger partial charge >= 0.3 is 0 Å². The van der Waals surface area contributed by atoms with E-state index < -0.39 is 0 Å². The third-order valence-electron chi connectivity index (χ3n) is 6.55. The molecule has 0 amide bonds. The number of pyridine rings is 1. The first-order chi connectivity index (χ1) is 15.6. The molecule has 2 aromatic carbocycles. The number of hydrogen-bond acceptors (Lipinski definition) is 5. The molecule has 164 valence electrons. The predicted molar refractivity (Wildman–Crippen MR) is 121 cm³/mol. The van der Waals surface area contributed by atoms with Crippen LogP contribution in [0.2, 0.25) is 0 Å². The van der Waals surface area contributed by atoms with Gasteiger partial charge < -0.3 is 19.2 Å². The van der Waals surface area contributed by atoms with Crippen molar-refractivity contribution in [2.75, 3.05) is 19.7 Å². The summed E-state index contributed by atoms with van der Waals surface area (Å²) >= 11 is 0. The molecule has 3 heterocycles. The summed E-state index contributed by atoms with van der Waals surface area (Å²) in [5.41, 5.74) is 3.85. The summed E-state index contributed by atoms with van der Waals surface area (Å²) in [6.45, 7) is 4.09. The third kappa shape index (κ3) is 3.48. The molecule has 0 bridgehead atoms. The first-order valence-electron chi connectivity index (χ1n) is 11.2. The van der Waals surface area contributed by atoms with Crippen LogP contribution in [0.3, 0.4) is 0 Å². The first kappa shape index (κ1) is 19.6. The second-order valence-corrected chi connectivity index (χ2v) is 8.87. The van der Waals surface area contributed by atoms with Crippen molar-refractivity contribution in [3.8, 4) is 11.5 Å². The summed E-state index contributed by atoms with van der Waals surface area (Å²) in [6, 6.07) is 12.7. The van der Waals surface area contributed by atoms with Gasteiger partial charge in [0, 0.05) is 35.0 Å². The van der Waals surface area contributed by atoms with Crippen LogP contribution >= 0.6 is 0 Å². The summed E-state index contributed by atoms with van der Waals surface area (Å²) < 4.78 is 31.9. The molecular formula is C26H25FN2O3. The molecule has 2 aromatic heterocycles. The zero-order valence-electron chi connectivity index (χ0n) is 18.0. The minimum Gasteiger partial charge on any atom is -0.486 e. The summed E-state index contributed by atoms with van der Waals surface area (Å²) in [4.78, 5) is 4.59. The molecule has 0 fully saturated rings. The molecule has 1 aliphatic heterocycles. The highest BCUT2D eigenvalue weighted by Crippen LogP contribution is 2.38. The van der Waals surface area contributed by atoms with Crippen molar-refractivity contribution in [1.82, 2.24) is 10.3 Å². The molecule has 2 atom stereocenters. The van der Waals surface area contributed by atoms with E-state index in [-0.39, 0.29) is 11.9 Å². The monoisotopic (exact) mass is 432 g/mol. The summed E-state index contributed by atoms with van der Waals surface area (Å²) in [5, 5.41) is 5.47. The van der Waals surface area contributed by atoms with Crippen molar-refractivity contribution in [3.05, 3.63) is 65.3 Å². The van der Waals surface area contributed by atoms with Crippen LogP contribution in [0.15, 0.2) is 46.9 Å². The van der Waals surface area contributed by atoms with Gasteiger partial charge in [-0.05, 0) is 74.7 Å². The fourth-order valence-electron chi connectivity index (χ4n) is 4.92. The number of furan rings is 1. The standard InChI is InChI=1S/C26H25FN2O3/c1-15-2-5-19-22(29-15)6-9-25-26(19)31-18(14-30-25)13-28-12-16-3-7-23-20(10-16)21-11-17(27)4-8-24(21)32-23/h2,4-6,8-9,11,16,18,28H,3,7,10,12-14H2,1H3/t16?,18-/m0/s1. The van der Waals surface area contributed by atoms with Gasteiger partial charge in [0.1, 0.15) is 29.9 Å². The van der Waals surface area contributed by atoms with E-state index in [1.54, 1.807) is 12.1 Å². The number of benzene rings is 2. The second kappa shape index (κ2) is 7.78. The maximum Gasteiger partial charge on any atom is 0.171 e. The van der Waals surface area contributed by atoms with Gasteiger partial charge in [0.15, 0.2) is 11.5 Å². The molecule has 1 aliphatic carbocycles. The van der Waals surface area contributed by atoms with E-state index in [0.717, 1.165) is 76.2 Å². The number of nitrogens with zero attached hydrogens (tertiary/aromatic N) is 1. The number of ether oxygens (including phenoxy) is 2. The molecule has 1 N–H and O–H groups in total. The minimum absolute atomic E-state index is 0.0580. The fourth-order valence-corrected chi connectivity index (χ4v) is 4.92. The van der Waals surface area contributed by atoms with E-state index in [4.69, 9.17) is 13.9 Å². The van der Waals surface area contributed by atoms with E-state index >= 15 is 0 Å². The fraction of sp³-hybridized carbons (Fsp3) is 0.346. The van der Waals surface area contributed by atoms with Gasteiger partial charge in [-0.1, -0.05) is 0 Å². The molecular weight excluding hydrogens is 407 g/mol. The van der Waals surface area contributed by atoms with Gasteiger partial charge in [0.05, 0.1) is 5.52 Å². The Hall–Kier alpha value is -3.12. The number of aromatic nitrogens is 1. The van der Waals surface area contributed by atoms with E-state index in [1.165, 1.54) is 6.07 Å². The molecule has 0 saturated heterocycles. The molecule has 0 spiro atoms. The second-order valence-electron chi connectivity index (χ2n) is 8.87. The molecule has 0 radical (unpaired) electrons. The van der Waals surface area contributed by atoms with E-state index in [1.807, 2.05) is 31.2 Å². The van der Waals surface area contributed by atoms with Gasteiger partial charge in [-0.2, -0.15) is 0 Å². The van der Waals surface area contributed by atoms with Crippen LogP contribution < -0.4 is 14.8 Å². The zero-order valence-corrected chi connectivity index (χ0v) is 18.0. The van der Waals surface area contributed by atoms with Crippen LogP contribution in [0.25, 0.3) is 21.9 Å². The average molecular weight is 432 g/mol. The normalized spacial score (nSPS) is 19.9. The number of hydrogen-bond donors (Lipinski definition) is 1. The smallest absolute Gasteiger partial charge is 0.171 e. The van der Waals surface area contributed by atoms with Crippen molar-refractivity contribution < 1.29 is 18.3 Å². The minimum atomic E-state index is -0.214. The zero-order chi connectivity index (χ0) is 21.7. The summed E-state index contributed by atoms with van der Waals surface area (Å²) in [6.07, 6.45) is 2.80. The van der Waals surface area contributed by atoms with Gasteiger partial charge in [-0.3, -0.25) is 4.98 Å². The molecule has 0 saturated carbocycles. The van der Waals surface area contributed by atoms with E-state index in [2.05, 4.69) is 10.3 Å². The van der Waals surface area contributed by atoms with Gasteiger partial charge in [-0.15, -0.1) is 0 Å². The molecule has 32 heavy (non-hydrogen) atoms. The molecule has 1 unspecified atom stereocenters. The van der Waals surface area contributed by atoms with Crippen LogP contribution in [-0.4, -0.2) is 30.8 Å².